The molecule has 134 valence electrons. The monoisotopic (exact) mass is 358 g/mol. The van der Waals surface area contributed by atoms with Crippen LogP contribution in [-0.2, 0) is 0 Å². The molecule has 3 aromatic carbocycles. The Morgan fingerprint density at radius 2 is 0.769 bits per heavy atom. The van der Waals surface area contributed by atoms with Crippen LogP contribution in [0.3, 0.4) is 0 Å². The summed E-state index contributed by atoms with van der Waals surface area (Å²) in [4.78, 5) is 0. The summed E-state index contributed by atoms with van der Waals surface area (Å²) in [5, 5.41) is 58.1. The van der Waals surface area contributed by atoms with Gasteiger partial charge in [0.15, 0.2) is 46.0 Å². The molecule has 0 aliphatic carbocycles. The number of aromatic hydroxyl groups is 6. The molecule has 6 N–H and O–H groups in total. The minimum absolute atomic E-state index is 0.0534. The minimum Gasteiger partial charge on any atom is -0.508 e. The van der Waals surface area contributed by atoms with Crippen LogP contribution in [0, 0.1) is 0 Å². The van der Waals surface area contributed by atoms with E-state index in [-0.39, 0.29) is 46.0 Å². The molecule has 0 aromatic heterocycles. The van der Waals surface area contributed by atoms with Crippen LogP contribution in [0.4, 0.5) is 0 Å². The molecule has 26 heavy (non-hydrogen) atoms. The second kappa shape index (κ2) is 6.52. The molecule has 0 saturated carbocycles. The Hall–Kier alpha value is -3.94. The van der Waals surface area contributed by atoms with Crippen LogP contribution in [0.5, 0.6) is 57.5 Å². The Kier molecular flexibility index (Phi) is 4.24. The zero-order valence-corrected chi connectivity index (χ0v) is 13.1. The van der Waals surface area contributed by atoms with Gasteiger partial charge in [0.2, 0.25) is 0 Å². The van der Waals surface area contributed by atoms with Gasteiger partial charge in [-0.1, -0.05) is 0 Å². The van der Waals surface area contributed by atoms with E-state index in [1.54, 1.807) is 0 Å². The molecule has 0 bridgehead atoms. The van der Waals surface area contributed by atoms with Crippen molar-refractivity contribution in [1.82, 2.24) is 0 Å². The van der Waals surface area contributed by atoms with Crippen molar-refractivity contribution in [2.75, 3.05) is 0 Å². The van der Waals surface area contributed by atoms with Crippen molar-refractivity contribution < 1.29 is 40.1 Å². The number of phenolic OH excluding ortho intramolecular Hbond substituents is 6. The van der Waals surface area contributed by atoms with E-state index in [1.165, 1.54) is 24.3 Å². The average Bonchev–Trinajstić information content (AvgIpc) is 2.57. The predicted octanol–water partition coefficient (Wildman–Crippen LogP) is 3.50. The molecule has 0 unspecified atom stereocenters. The maximum absolute atomic E-state index is 10.1. The molecular formula is C18H14O8. The minimum atomic E-state index is -0.413. The Balaban J connectivity index is 1.88. The predicted molar refractivity (Wildman–Crippen MR) is 89.5 cm³/mol. The van der Waals surface area contributed by atoms with Gasteiger partial charge in [-0.2, -0.15) is 0 Å². The molecular weight excluding hydrogens is 344 g/mol. The molecule has 0 amide bonds. The van der Waals surface area contributed by atoms with E-state index in [1.807, 2.05) is 0 Å². The van der Waals surface area contributed by atoms with Crippen LogP contribution in [-0.4, -0.2) is 30.6 Å². The average molecular weight is 358 g/mol. The van der Waals surface area contributed by atoms with Crippen molar-refractivity contribution in [3.8, 4) is 57.5 Å². The summed E-state index contributed by atoms with van der Waals surface area (Å²) in [6.07, 6.45) is 0. The molecule has 0 spiro atoms. The van der Waals surface area contributed by atoms with Crippen molar-refractivity contribution in [1.29, 1.82) is 0 Å². The molecule has 0 fully saturated rings. The lowest BCUT2D eigenvalue weighted by atomic mass is 10.2. The van der Waals surface area contributed by atoms with E-state index in [4.69, 9.17) is 9.47 Å². The van der Waals surface area contributed by atoms with Gasteiger partial charge in [-0.25, -0.2) is 0 Å². The second-order valence-electron chi connectivity index (χ2n) is 5.30. The first kappa shape index (κ1) is 16.9. The molecule has 3 aromatic rings. The molecule has 0 atom stereocenters. The zero-order chi connectivity index (χ0) is 18.8. The fourth-order valence-corrected chi connectivity index (χ4v) is 2.12. The standard InChI is InChI=1S/C18H14O8/c19-9-1-3-15(11(21)5-9)25-17-7-14(24)18(8-13(17)23)26-16-4-2-10(20)6-12(16)22/h1-8,19-24H. The number of rotatable bonds is 4. The Morgan fingerprint density at radius 1 is 0.423 bits per heavy atom. The second-order valence-corrected chi connectivity index (χ2v) is 5.30. The molecule has 3 rings (SSSR count). The maximum Gasteiger partial charge on any atom is 0.173 e. The largest absolute Gasteiger partial charge is 0.508 e. The first-order chi connectivity index (χ1) is 12.3. The molecule has 0 heterocycles. The third-order valence-corrected chi connectivity index (χ3v) is 3.37. The first-order valence-electron chi connectivity index (χ1n) is 7.29. The van der Waals surface area contributed by atoms with E-state index < -0.39 is 11.5 Å². The topological polar surface area (TPSA) is 140 Å². The van der Waals surface area contributed by atoms with E-state index >= 15 is 0 Å². The van der Waals surface area contributed by atoms with Gasteiger partial charge in [-0.15, -0.1) is 0 Å². The summed E-state index contributed by atoms with van der Waals surface area (Å²) >= 11 is 0. The lowest BCUT2D eigenvalue weighted by molar-refractivity contribution is 0.361. The van der Waals surface area contributed by atoms with Gasteiger partial charge in [0.1, 0.15) is 11.5 Å². The molecule has 0 aliphatic rings. The van der Waals surface area contributed by atoms with Crippen LogP contribution in [0.25, 0.3) is 0 Å². The summed E-state index contributed by atoms with van der Waals surface area (Å²) in [5.41, 5.74) is 0. The van der Waals surface area contributed by atoms with Gasteiger partial charge >= 0.3 is 0 Å². The molecule has 0 aliphatic heterocycles. The Morgan fingerprint density at radius 3 is 1.12 bits per heavy atom. The summed E-state index contributed by atoms with van der Waals surface area (Å²) < 4.78 is 10.6. The quantitative estimate of drug-likeness (QED) is 0.389. The third-order valence-electron chi connectivity index (χ3n) is 3.37. The van der Waals surface area contributed by atoms with Crippen molar-refractivity contribution in [2.24, 2.45) is 0 Å². The van der Waals surface area contributed by atoms with Crippen molar-refractivity contribution in [2.45, 2.75) is 0 Å². The summed E-state index contributed by atoms with van der Waals surface area (Å²) in [6.45, 7) is 0. The van der Waals surface area contributed by atoms with Crippen LogP contribution < -0.4 is 9.47 Å². The normalized spacial score (nSPS) is 10.5. The van der Waals surface area contributed by atoms with Crippen molar-refractivity contribution in [3.05, 3.63) is 48.5 Å². The van der Waals surface area contributed by atoms with Crippen LogP contribution in [0.15, 0.2) is 48.5 Å². The highest BCUT2D eigenvalue weighted by Gasteiger charge is 2.15. The van der Waals surface area contributed by atoms with Gasteiger partial charge < -0.3 is 40.1 Å². The number of hydrogen-bond acceptors (Lipinski definition) is 8. The van der Waals surface area contributed by atoms with Gasteiger partial charge in [0.25, 0.3) is 0 Å². The van der Waals surface area contributed by atoms with Crippen molar-refractivity contribution >= 4 is 0 Å². The molecule has 0 saturated heterocycles. The van der Waals surface area contributed by atoms with E-state index in [0.717, 1.165) is 24.3 Å². The third kappa shape index (κ3) is 3.44. The number of phenols is 6. The molecule has 8 nitrogen and oxygen atoms in total. The maximum atomic E-state index is 10.1. The summed E-state index contributed by atoms with van der Waals surface area (Å²) in [6, 6.07) is 9.31. The van der Waals surface area contributed by atoms with E-state index in [0.29, 0.717) is 0 Å². The van der Waals surface area contributed by atoms with Crippen molar-refractivity contribution in [3.63, 3.8) is 0 Å². The first-order valence-corrected chi connectivity index (χ1v) is 7.29. The smallest absolute Gasteiger partial charge is 0.173 e. The highest BCUT2D eigenvalue weighted by molar-refractivity contribution is 5.57. The van der Waals surface area contributed by atoms with Gasteiger partial charge in [-0.3, -0.25) is 0 Å². The lowest BCUT2D eigenvalue weighted by Crippen LogP contribution is -1.89. The zero-order valence-electron chi connectivity index (χ0n) is 13.1. The number of benzene rings is 3. The highest BCUT2D eigenvalue weighted by Crippen LogP contribution is 2.44. The number of hydrogen-bond donors (Lipinski definition) is 6. The van der Waals surface area contributed by atoms with Gasteiger partial charge in [-0.05, 0) is 24.3 Å². The van der Waals surface area contributed by atoms with Crippen LogP contribution in [0.2, 0.25) is 0 Å². The van der Waals surface area contributed by atoms with E-state index in [9.17, 15) is 30.6 Å². The van der Waals surface area contributed by atoms with Gasteiger partial charge in [0, 0.05) is 24.3 Å². The molecule has 0 radical (unpaired) electrons. The number of ether oxygens (including phenoxy) is 2. The Bertz CT molecular complexity index is 888. The lowest BCUT2D eigenvalue weighted by Gasteiger charge is -2.13. The van der Waals surface area contributed by atoms with Crippen LogP contribution in [0.1, 0.15) is 0 Å². The highest BCUT2D eigenvalue weighted by atomic mass is 16.5. The summed E-state index contributed by atoms with van der Waals surface area (Å²) in [5.74, 6) is -2.34. The fraction of sp³-hybridized carbons (Fsp3) is 0. The molecule has 8 heteroatoms. The Labute approximate surface area is 147 Å². The summed E-state index contributed by atoms with van der Waals surface area (Å²) in [7, 11) is 0. The SMILES string of the molecule is Oc1ccc(Oc2cc(O)c(Oc3ccc(O)cc3O)cc2O)c(O)c1. The van der Waals surface area contributed by atoms with Gasteiger partial charge in [0.05, 0.1) is 0 Å². The fourth-order valence-electron chi connectivity index (χ4n) is 2.12. The van der Waals surface area contributed by atoms with E-state index in [2.05, 4.69) is 0 Å². The van der Waals surface area contributed by atoms with Crippen LogP contribution >= 0.6 is 0 Å².